The van der Waals surface area contributed by atoms with Gasteiger partial charge in [0.05, 0.1) is 0 Å². The van der Waals surface area contributed by atoms with Crippen molar-refractivity contribution in [2.75, 3.05) is 0 Å². The van der Waals surface area contributed by atoms with Gasteiger partial charge in [-0.3, -0.25) is 0 Å². The molecule has 5 rings (SSSR count). The number of fused-ring (bicyclic) bond motifs is 1. The molecular formula is C38H48. The summed E-state index contributed by atoms with van der Waals surface area (Å²) in [5.41, 5.74) is 14.8. The van der Waals surface area contributed by atoms with E-state index in [2.05, 4.69) is 103 Å². The molecule has 0 heterocycles. The lowest BCUT2D eigenvalue weighted by Gasteiger charge is -2.42. The predicted molar refractivity (Wildman–Crippen MR) is 166 cm³/mol. The highest BCUT2D eigenvalue weighted by Gasteiger charge is 2.36. The fraction of sp³-hybridized carbons (Fsp3) is 0.474. The maximum absolute atomic E-state index is 4.45. The average Bonchev–Trinajstić information content (AvgIpc) is 3.28. The van der Waals surface area contributed by atoms with E-state index in [0.29, 0.717) is 17.3 Å². The molecule has 0 spiro atoms. The van der Waals surface area contributed by atoms with E-state index in [1.54, 1.807) is 5.56 Å². The molecule has 0 bridgehead atoms. The first-order valence-electron chi connectivity index (χ1n) is 15.0. The van der Waals surface area contributed by atoms with Gasteiger partial charge in [-0.15, -0.1) is 0 Å². The highest BCUT2D eigenvalue weighted by molar-refractivity contribution is 5.80. The topological polar surface area (TPSA) is 0 Å². The van der Waals surface area contributed by atoms with E-state index in [1.807, 2.05) is 0 Å². The number of aryl methyl sites for hydroxylation is 2. The molecule has 0 N–H and O–H groups in total. The fourth-order valence-electron chi connectivity index (χ4n) is 7.97. The van der Waals surface area contributed by atoms with Gasteiger partial charge in [-0.1, -0.05) is 113 Å². The highest BCUT2D eigenvalue weighted by atomic mass is 14.4. The zero-order chi connectivity index (χ0) is 27.2. The van der Waals surface area contributed by atoms with Gasteiger partial charge in [-0.2, -0.15) is 0 Å². The van der Waals surface area contributed by atoms with E-state index < -0.39 is 0 Å². The van der Waals surface area contributed by atoms with E-state index >= 15 is 0 Å². The molecule has 3 aliphatic carbocycles. The van der Waals surface area contributed by atoms with Crippen LogP contribution in [-0.2, 0) is 12.8 Å². The van der Waals surface area contributed by atoms with E-state index in [9.17, 15) is 0 Å². The van der Waals surface area contributed by atoms with Gasteiger partial charge in [0.2, 0.25) is 0 Å². The van der Waals surface area contributed by atoms with Crippen molar-refractivity contribution in [3.63, 3.8) is 0 Å². The Morgan fingerprint density at radius 3 is 2.53 bits per heavy atom. The summed E-state index contributed by atoms with van der Waals surface area (Å²) in [5, 5.41) is 0. The largest absolute Gasteiger partial charge is 0.0986 e. The van der Waals surface area contributed by atoms with Crippen molar-refractivity contribution in [1.82, 2.24) is 0 Å². The van der Waals surface area contributed by atoms with Crippen molar-refractivity contribution >= 4 is 6.08 Å². The Labute approximate surface area is 232 Å². The molecule has 0 saturated heterocycles. The van der Waals surface area contributed by atoms with Crippen LogP contribution in [0.1, 0.15) is 87.6 Å². The van der Waals surface area contributed by atoms with Gasteiger partial charge < -0.3 is 0 Å². The molecule has 38 heavy (non-hydrogen) atoms. The average molecular weight is 505 g/mol. The van der Waals surface area contributed by atoms with Crippen LogP contribution in [0.15, 0.2) is 72.4 Å². The minimum Gasteiger partial charge on any atom is -0.0986 e. The SMILES string of the molecule is C=C1C=CC(C)C(=C)C1CC1=Cc2cccc(-c3cc(C)cc(C)c3CC3CCC(CC)C(C)(C)C3)c2C1. The first-order valence-corrected chi connectivity index (χ1v) is 15.0. The van der Waals surface area contributed by atoms with Crippen molar-refractivity contribution in [3.05, 3.63) is 100 Å². The Kier molecular flexibility index (Phi) is 7.47. The van der Waals surface area contributed by atoms with Gasteiger partial charge in [0.1, 0.15) is 0 Å². The maximum atomic E-state index is 4.45. The molecule has 0 aromatic heterocycles. The van der Waals surface area contributed by atoms with E-state index in [4.69, 9.17) is 0 Å². The van der Waals surface area contributed by atoms with Crippen LogP contribution < -0.4 is 0 Å². The first-order chi connectivity index (χ1) is 18.1. The molecule has 0 nitrogen and oxygen atoms in total. The van der Waals surface area contributed by atoms with Crippen LogP contribution in [0, 0.1) is 42.9 Å². The van der Waals surface area contributed by atoms with E-state index in [0.717, 1.165) is 24.7 Å². The molecule has 1 fully saturated rings. The molecule has 4 unspecified atom stereocenters. The first kappa shape index (κ1) is 27.0. The summed E-state index contributed by atoms with van der Waals surface area (Å²) in [6.45, 7) is 23.1. The van der Waals surface area contributed by atoms with Crippen LogP contribution in [0.4, 0.5) is 0 Å². The third-order valence-corrected chi connectivity index (χ3v) is 10.3. The smallest absolute Gasteiger partial charge is 0.00826 e. The molecular weight excluding hydrogens is 456 g/mol. The van der Waals surface area contributed by atoms with Crippen molar-refractivity contribution in [1.29, 1.82) is 0 Å². The third kappa shape index (κ3) is 5.16. The fourth-order valence-corrected chi connectivity index (χ4v) is 7.97. The molecule has 200 valence electrons. The summed E-state index contributed by atoms with van der Waals surface area (Å²) in [6.07, 6.45) is 15.6. The molecule has 3 aliphatic rings. The van der Waals surface area contributed by atoms with Crippen LogP contribution in [0.3, 0.4) is 0 Å². The van der Waals surface area contributed by atoms with E-state index in [1.165, 1.54) is 82.2 Å². The van der Waals surface area contributed by atoms with Crippen LogP contribution in [0.25, 0.3) is 17.2 Å². The zero-order valence-corrected chi connectivity index (χ0v) is 24.8. The Morgan fingerprint density at radius 1 is 1.00 bits per heavy atom. The summed E-state index contributed by atoms with van der Waals surface area (Å²) >= 11 is 0. The van der Waals surface area contributed by atoms with Crippen molar-refractivity contribution in [3.8, 4) is 11.1 Å². The summed E-state index contributed by atoms with van der Waals surface area (Å²) < 4.78 is 0. The monoisotopic (exact) mass is 504 g/mol. The number of rotatable bonds is 6. The summed E-state index contributed by atoms with van der Waals surface area (Å²) in [4.78, 5) is 0. The van der Waals surface area contributed by atoms with Gasteiger partial charge in [-0.25, -0.2) is 0 Å². The summed E-state index contributed by atoms with van der Waals surface area (Å²) in [6, 6.07) is 11.8. The highest BCUT2D eigenvalue weighted by Crippen LogP contribution is 2.47. The Morgan fingerprint density at radius 2 is 1.79 bits per heavy atom. The second kappa shape index (κ2) is 10.5. The summed E-state index contributed by atoms with van der Waals surface area (Å²) in [5.74, 6) is 2.43. The predicted octanol–water partition coefficient (Wildman–Crippen LogP) is 10.6. The molecule has 4 atom stereocenters. The van der Waals surface area contributed by atoms with E-state index in [-0.39, 0.29) is 0 Å². The van der Waals surface area contributed by atoms with Gasteiger partial charge >= 0.3 is 0 Å². The van der Waals surface area contributed by atoms with Gasteiger partial charge in [-0.05, 0) is 114 Å². The number of allylic oxidation sites excluding steroid dienone is 5. The van der Waals surface area contributed by atoms with Gasteiger partial charge in [0, 0.05) is 5.92 Å². The van der Waals surface area contributed by atoms with Crippen molar-refractivity contribution < 1.29 is 0 Å². The Balaban J connectivity index is 1.43. The van der Waals surface area contributed by atoms with Crippen molar-refractivity contribution in [2.45, 2.75) is 86.5 Å². The Bertz CT molecular complexity index is 1310. The molecule has 0 aliphatic heterocycles. The number of hydrogen-bond acceptors (Lipinski definition) is 0. The lowest BCUT2D eigenvalue weighted by molar-refractivity contribution is 0.0914. The normalized spacial score (nSPS) is 26.4. The molecule has 0 radical (unpaired) electrons. The number of benzene rings is 2. The minimum absolute atomic E-state index is 0.359. The third-order valence-electron chi connectivity index (χ3n) is 10.3. The maximum Gasteiger partial charge on any atom is 0.00826 e. The zero-order valence-electron chi connectivity index (χ0n) is 24.8. The standard InChI is InChI=1S/C38H48/c1-9-32-16-15-29(23-38(32,7)8)20-35-27(5)17-24(2)18-37(35)33-12-10-11-31-19-30(22-36(31)33)21-34-26(4)14-13-25(3)28(34)6/h10-14,17-19,25,29,32,34H,4,6,9,15-16,20-23H2,1-3,5,7-8H3. The van der Waals surface area contributed by atoms with Crippen LogP contribution in [0.2, 0.25) is 0 Å². The summed E-state index contributed by atoms with van der Waals surface area (Å²) in [7, 11) is 0. The Hall–Kier alpha value is -2.60. The second-order valence-electron chi connectivity index (χ2n) is 13.5. The molecule has 1 saturated carbocycles. The van der Waals surface area contributed by atoms with Gasteiger partial charge in [0.15, 0.2) is 0 Å². The molecule has 0 amide bonds. The van der Waals surface area contributed by atoms with Crippen molar-refractivity contribution in [2.24, 2.45) is 29.1 Å². The lowest BCUT2D eigenvalue weighted by atomic mass is 9.63. The van der Waals surface area contributed by atoms with Crippen LogP contribution in [0.5, 0.6) is 0 Å². The van der Waals surface area contributed by atoms with Gasteiger partial charge in [0.25, 0.3) is 0 Å². The number of hydrogen-bond donors (Lipinski definition) is 0. The lowest BCUT2D eigenvalue weighted by Crippen LogP contribution is -2.32. The van der Waals surface area contributed by atoms with Crippen LogP contribution >= 0.6 is 0 Å². The molecule has 2 aromatic carbocycles. The van der Waals surface area contributed by atoms with Crippen LogP contribution in [-0.4, -0.2) is 0 Å². The minimum atomic E-state index is 0.359. The quantitative estimate of drug-likeness (QED) is 0.343. The second-order valence-corrected chi connectivity index (χ2v) is 13.5. The molecule has 0 heteroatoms. The molecule has 2 aromatic rings.